The highest BCUT2D eigenvalue weighted by atomic mass is 16.3. The van der Waals surface area contributed by atoms with Crippen molar-refractivity contribution in [3.8, 4) is 11.3 Å². The van der Waals surface area contributed by atoms with Crippen LogP contribution in [0.5, 0.6) is 0 Å². The zero-order valence-electron chi connectivity index (χ0n) is 16.7. The number of nitrogens with zero attached hydrogens (tertiary/aromatic N) is 1. The molecule has 2 heterocycles. The van der Waals surface area contributed by atoms with Gasteiger partial charge in [0, 0.05) is 48.2 Å². The summed E-state index contributed by atoms with van der Waals surface area (Å²) >= 11 is 0. The highest BCUT2D eigenvalue weighted by molar-refractivity contribution is 6.09. The van der Waals surface area contributed by atoms with E-state index in [-0.39, 0.29) is 30.8 Å². The zero-order valence-corrected chi connectivity index (χ0v) is 16.7. The molecule has 1 aliphatic rings. The second kappa shape index (κ2) is 8.51. The number of rotatable bonds is 6. The molecule has 2 atom stereocenters. The summed E-state index contributed by atoms with van der Waals surface area (Å²) in [6, 6.07) is 13.1. The molecule has 4 N–H and O–H groups in total. The Hall–Kier alpha value is -3.45. The Kier molecular flexibility index (Phi) is 5.63. The molecule has 7 nitrogen and oxygen atoms in total. The van der Waals surface area contributed by atoms with Crippen molar-refractivity contribution in [2.24, 2.45) is 5.92 Å². The molecule has 2 aromatic heterocycles. The number of aliphatic hydroxyl groups excluding tert-OH is 1. The molecule has 1 aromatic carbocycles. The lowest BCUT2D eigenvalue weighted by Gasteiger charge is -2.23. The maximum atomic E-state index is 13.1. The van der Waals surface area contributed by atoms with E-state index in [0.29, 0.717) is 12.0 Å². The van der Waals surface area contributed by atoms with E-state index in [4.69, 9.17) is 0 Å². The Labute approximate surface area is 174 Å². The molecule has 0 bridgehead atoms. The van der Waals surface area contributed by atoms with Gasteiger partial charge in [-0.25, -0.2) is 0 Å². The number of ketones is 1. The molecule has 1 amide bonds. The van der Waals surface area contributed by atoms with E-state index >= 15 is 0 Å². The second-order valence-corrected chi connectivity index (χ2v) is 7.58. The molecule has 0 spiro atoms. The van der Waals surface area contributed by atoms with Gasteiger partial charge in [-0.3, -0.25) is 14.6 Å². The van der Waals surface area contributed by atoms with Crippen LogP contribution in [0.25, 0.3) is 11.3 Å². The molecule has 0 aliphatic heterocycles. The molecule has 30 heavy (non-hydrogen) atoms. The van der Waals surface area contributed by atoms with Crippen molar-refractivity contribution in [1.82, 2.24) is 15.3 Å². The van der Waals surface area contributed by atoms with Gasteiger partial charge in [0.1, 0.15) is 0 Å². The number of pyridine rings is 1. The first-order valence-electron chi connectivity index (χ1n) is 9.98. The number of aromatic amines is 1. The fraction of sp³-hybridized carbons (Fsp3) is 0.261. The van der Waals surface area contributed by atoms with E-state index < -0.39 is 5.92 Å². The summed E-state index contributed by atoms with van der Waals surface area (Å²) in [5.41, 5.74) is 4.64. The monoisotopic (exact) mass is 404 g/mol. The van der Waals surface area contributed by atoms with Gasteiger partial charge in [-0.1, -0.05) is 18.2 Å². The average Bonchev–Trinajstić information content (AvgIpc) is 3.13. The van der Waals surface area contributed by atoms with Crippen LogP contribution in [0.4, 0.5) is 11.4 Å². The van der Waals surface area contributed by atoms with E-state index in [9.17, 15) is 14.7 Å². The predicted molar refractivity (Wildman–Crippen MR) is 115 cm³/mol. The van der Waals surface area contributed by atoms with Gasteiger partial charge < -0.3 is 20.7 Å². The molecule has 0 saturated carbocycles. The van der Waals surface area contributed by atoms with Gasteiger partial charge in [0.2, 0.25) is 5.91 Å². The quantitative estimate of drug-likeness (QED) is 0.505. The van der Waals surface area contributed by atoms with Gasteiger partial charge in [-0.2, -0.15) is 0 Å². The highest BCUT2D eigenvalue weighted by Crippen LogP contribution is 2.39. The van der Waals surface area contributed by atoms with Crippen LogP contribution >= 0.6 is 0 Å². The number of aromatic nitrogens is 2. The maximum Gasteiger partial charge on any atom is 0.224 e. The standard InChI is InChI=1S/C23H24N4O3/c1-14(13-28)25-23(30)16-11-18-20(19(29)12-16)22(26-17-5-3-2-4-6-17)21(27-18)15-7-9-24-10-8-15/h2-10,14,16,26-28H,11-13H2,1H3,(H,25,30)/t14-,16+/m1/s1. The highest BCUT2D eigenvalue weighted by Gasteiger charge is 2.35. The molecule has 1 aliphatic carbocycles. The van der Waals surface area contributed by atoms with Crippen LogP contribution in [0.3, 0.4) is 0 Å². The molecule has 0 radical (unpaired) electrons. The van der Waals surface area contributed by atoms with Crippen LogP contribution in [0.2, 0.25) is 0 Å². The number of nitrogens with one attached hydrogen (secondary N) is 3. The number of hydrogen-bond donors (Lipinski definition) is 4. The van der Waals surface area contributed by atoms with Crippen molar-refractivity contribution in [1.29, 1.82) is 0 Å². The molecular formula is C23H24N4O3. The topological polar surface area (TPSA) is 107 Å². The number of benzene rings is 1. The fourth-order valence-electron chi connectivity index (χ4n) is 3.77. The van der Waals surface area contributed by atoms with Crippen LogP contribution in [0, 0.1) is 5.92 Å². The molecule has 7 heteroatoms. The molecule has 154 valence electrons. The minimum atomic E-state index is -0.465. The number of fused-ring (bicyclic) bond motifs is 1. The van der Waals surface area contributed by atoms with Gasteiger partial charge in [-0.05, 0) is 31.2 Å². The van der Waals surface area contributed by atoms with Crippen LogP contribution < -0.4 is 10.6 Å². The summed E-state index contributed by atoms with van der Waals surface area (Å²) in [7, 11) is 0. The fourth-order valence-corrected chi connectivity index (χ4v) is 3.77. The summed E-state index contributed by atoms with van der Waals surface area (Å²) in [5.74, 6) is -0.760. The number of carbonyl (C=O) groups excluding carboxylic acids is 2. The molecule has 3 aromatic rings. The van der Waals surface area contributed by atoms with Gasteiger partial charge >= 0.3 is 0 Å². The SMILES string of the molecule is C[C@H](CO)NC(=O)[C@@H]1CC(=O)c2c([nH]c(-c3ccncc3)c2Nc2ccccc2)C1. The lowest BCUT2D eigenvalue weighted by molar-refractivity contribution is -0.126. The third kappa shape index (κ3) is 3.97. The van der Waals surface area contributed by atoms with E-state index in [1.54, 1.807) is 19.3 Å². The predicted octanol–water partition coefficient (Wildman–Crippen LogP) is 3.06. The van der Waals surface area contributed by atoms with Gasteiger partial charge in [0.05, 0.1) is 29.5 Å². The first-order chi connectivity index (χ1) is 14.6. The van der Waals surface area contributed by atoms with Gasteiger partial charge in [0.25, 0.3) is 0 Å². The van der Waals surface area contributed by atoms with Crippen molar-refractivity contribution in [3.05, 3.63) is 66.1 Å². The number of Topliss-reactive ketones (excluding diaryl/α,β-unsaturated/α-hetero) is 1. The Bertz CT molecular complexity index is 1050. The van der Waals surface area contributed by atoms with Crippen LogP contribution in [0.15, 0.2) is 54.9 Å². The van der Waals surface area contributed by atoms with E-state index in [1.165, 1.54) is 0 Å². The van der Waals surface area contributed by atoms with Crippen molar-refractivity contribution >= 4 is 23.1 Å². The smallest absolute Gasteiger partial charge is 0.224 e. The van der Waals surface area contributed by atoms with Crippen molar-refractivity contribution in [2.45, 2.75) is 25.8 Å². The van der Waals surface area contributed by atoms with E-state index in [1.807, 2.05) is 42.5 Å². The number of amides is 1. The molecular weight excluding hydrogens is 380 g/mol. The molecule has 0 fully saturated rings. The van der Waals surface area contributed by atoms with Crippen LogP contribution in [-0.4, -0.2) is 39.4 Å². The lowest BCUT2D eigenvalue weighted by atomic mass is 9.85. The molecule has 4 rings (SSSR count). The van der Waals surface area contributed by atoms with Gasteiger partial charge in [-0.15, -0.1) is 0 Å². The Morgan fingerprint density at radius 2 is 1.93 bits per heavy atom. The maximum absolute atomic E-state index is 13.1. The van der Waals surface area contributed by atoms with Crippen molar-refractivity contribution in [3.63, 3.8) is 0 Å². The number of para-hydroxylation sites is 1. The summed E-state index contributed by atoms with van der Waals surface area (Å²) in [6.07, 6.45) is 3.97. The van der Waals surface area contributed by atoms with E-state index in [2.05, 4.69) is 20.6 Å². The zero-order chi connectivity index (χ0) is 21.1. The third-order valence-corrected chi connectivity index (χ3v) is 5.28. The largest absolute Gasteiger partial charge is 0.394 e. The summed E-state index contributed by atoms with van der Waals surface area (Å²) in [4.78, 5) is 33.1. The normalized spacial score (nSPS) is 16.6. The van der Waals surface area contributed by atoms with Gasteiger partial charge in [0.15, 0.2) is 5.78 Å². The van der Waals surface area contributed by atoms with Crippen LogP contribution in [0.1, 0.15) is 29.4 Å². The lowest BCUT2D eigenvalue weighted by Crippen LogP contribution is -2.41. The molecule has 0 unspecified atom stereocenters. The average molecular weight is 404 g/mol. The first kappa shape index (κ1) is 19.8. The Balaban J connectivity index is 1.72. The summed E-state index contributed by atoms with van der Waals surface area (Å²) in [6.45, 7) is 1.59. The summed E-state index contributed by atoms with van der Waals surface area (Å²) < 4.78 is 0. The number of anilines is 2. The number of H-pyrrole nitrogens is 1. The summed E-state index contributed by atoms with van der Waals surface area (Å²) in [5, 5.41) is 15.4. The minimum Gasteiger partial charge on any atom is -0.394 e. The minimum absolute atomic E-state index is 0.0805. The third-order valence-electron chi connectivity index (χ3n) is 5.28. The van der Waals surface area contributed by atoms with Crippen molar-refractivity contribution < 1.29 is 14.7 Å². The molecule has 0 saturated heterocycles. The van der Waals surface area contributed by atoms with Crippen molar-refractivity contribution in [2.75, 3.05) is 11.9 Å². The number of aliphatic hydroxyl groups is 1. The first-order valence-corrected chi connectivity index (χ1v) is 9.98. The van der Waals surface area contributed by atoms with E-state index in [0.717, 1.165) is 28.3 Å². The second-order valence-electron chi connectivity index (χ2n) is 7.58. The number of carbonyl (C=O) groups is 2. The Morgan fingerprint density at radius 3 is 2.63 bits per heavy atom. The van der Waals surface area contributed by atoms with Crippen LogP contribution in [-0.2, 0) is 11.2 Å². The Morgan fingerprint density at radius 1 is 1.20 bits per heavy atom. The number of hydrogen-bond acceptors (Lipinski definition) is 5.